The minimum absolute atomic E-state index is 0.179. The molecule has 5 aromatic carbocycles. The largest absolute Gasteiger partial charge is 0.456 e. The third kappa shape index (κ3) is 2.89. The molecule has 0 N–H and O–H groups in total. The van der Waals surface area contributed by atoms with Gasteiger partial charge in [-0.15, -0.1) is 0 Å². The number of anilines is 2. The average Bonchev–Trinajstić information content (AvgIpc) is 3.53. The number of nitrogens with zero attached hydrogens (tertiary/aromatic N) is 4. The van der Waals surface area contributed by atoms with E-state index in [1.54, 1.807) is 0 Å². The number of benzene rings is 5. The molecule has 2 aromatic heterocycles. The number of hydrogen-bond donors (Lipinski definition) is 0. The molecule has 188 valence electrons. The van der Waals surface area contributed by atoms with E-state index in [4.69, 9.17) is 11.0 Å². The zero-order valence-electron chi connectivity index (χ0n) is 21.9. The summed E-state index contributed by atoms with van der Waals surface area (Å²) in [4.78, 5) is 6.16. The number of furan rings is 1. The van der Waals surface area contributed by atoms with E-state index in [1.807, 2.05) is 48.5 Å². The van der Waals surface area contributed by atoms with Crippen molar-refractivity contribution >= 4 is 60.8 Å². The Morgan fingerprint density at radius 1 is 0.750 bits per heavy atom. The molecule has 1 aliphatic rings. The van der Waals surface area contributed by atoms with Crippen molar-refractivity contribution in [2.45, 2.75) is 19.9 Å². The smallest absolute Gasteiger partial charge is 0.189 e. The molecule has 0 amide bonds. The van der Waals surface area contributed by atoms with Crippen LogP contribution in [0, 0.1) is 17.9 Å². The normalized spacial score (nSPS) is 12.4. The number of para-hydroxylation sites is 1. The topological polar surface area (TPSA) is 49.5 Å². The lowest BCUT2D eigenvalue weighted by Gasteiger charge is -2.36. The van der Waals surface area contributed by atoms with Gasteiger partial charge < -0.3 is 13.9 Å². The van der Waals surface area contributed by atoms with Gasteiger partial charge in [-0.3, -0.25) is 0 Å². The summed E-state index contributed by atoms with van der Waals surface area (Å²) in [6, 6.07) is 33.1. The highest BCUT2D eigenvalue weighted by Gasteiger charge is 2.31. The number of rotatable bonds is 2. The first kappa shape index (κ1) is 22.5. The Morgan fingerprint density at radius 2 is 1.57 bits per heavy atom. The maximum absolute atomic E-state index is 9.34. The van der Waals surface area contributed by atoms with Crippen molar-refractivity contribution in [3.8, 4) is 22.9 Å². The Hall–Kier alpha value is -5.52. The molecule has 3 heterocycles. The van der Waals surface area contributed by atoms with E-state index in [-0.39, 0.29) is 6.04 Å². The lowest BCUT2D eigenvalue weighted by molar-refractivity contribution is 0.669. The minimum Gasteiger partial charge on any atom is -0.456 e. The van der Waals surface area contributed by atoms with Crippen molar-refractivity contribution in [3.05, 3.63) is 108 Å². The maximum atomic E-state index is 9.34. The fourth-order valence-corrected chi connectivity index (χ4v) is 6.40. The van der Waals surface area contributed by atoms with Crippen molar-refractivity contribution in [1.82, 2.24) is 4.57 Å². The summed E-state index contributed by atoms with van der Waals surface area (Å²) in [5.74, 6) is 0. The summed E-state index contributed by atoms with van der Waals surface area (Å²) in [7, 11) is 0. The van der Waals surface area contributed by atoms with Crippen molar-refractivity contribution in [3.63, 3.8) is 0 Å². The zero-order chi connectivity index (χ0) is 27.1. The summed E-state index contributed by atoms with van der Waals surface area (Å²) in [5, 5.41) is 13.8. The predicted molar refractivity (Wildman–Crippen MR) is 162 cm³/mol. The maximum Gasteiger partial charge on any atom is 0.189 e. The molecule has 7 aromatic rings. The van der Waals surface area contributed by atoms with E-state index in [2.05, 4.69) is 76.7 Å². The van der Waals surface area contributed by atoms with E-state index in [1.165, 1.54) is 0 Å². The van der Waals surface area contributed by atoms with Crippen LogP contribution < -0.4 is 4.90 Å². The Morgan fingerprint density at radius 3 is 2.35 bits per heavy atom. The molecule has 0 unspecified atom stereocenters. The molecule has 0 fully saturated rings. The summed E-state index contributed by atoms with van der Waals surface area (Å²) in [6.07, 6.45) is 0. The second-order valence-electron chi connectivity index (χ2n) is 10.6. The summed E-state index contributed by atoms with van der Waals surface area (Å²) in [5.41, 5.74) is 10.5. The van der Waals surface area contributed by atoms with E-state index >= 15 is 0 Å². The fraction of sp³-hybridized carbons (Fsp3) is 0.0857. The van der Waals surface area contributed by atoms with Gasteiger partial charge in [0.15, 0.2) is 5.69 Å². The third-order valence-electron chi connectivity index (χ3n) is 8.05. The molecule has 1 aliphatic heterocycles. The first-order valence-corrected chi connectivity index (χ1v) is 13.3. The molecule has 0 saturated heterocycles. The standard InChI is InChI=1S/C35H22N4O/c1-20(2)38-28-14-12-24(37-3)18-29(28)39-34-27(16-23(17-30(34)38)22-10-8-21(19-36)9-11-22)25-13-15-32-33(35(25)39)26-6-4-5-7-31(26)40-32/h4-18,20H,1-2H3. The minimum atomic E-state index is 0.179. The van der Waals surface area contributed by atoms with Crippen LogP contribution in [0.4, 0.5) is 17.1 Å². The molecule has 0 spiro atoms. The number of hydrogen-bond acceptors (Lipinski definition) is 3. The SMILES string of the molecule is [C-]#[N+]c1ccc2c(c1)-n1c3c(cc(-c4ccc(C#N)cc4)cc3c3ccc4oc5ccccc5c4c31)N2C(C)C. The van der Waals surface area contributed by atoms with E-state index in [0.717, 1.165) is 71.9 Å². The van der Waals surface area contributed by atoms with Crippen LogP contribution in [0.2, 0.25) is 0 Å². The number of fused-ring (bicyclic) bond motifs is 9. The lowest BCUT2D eigenvalue weighted by atomic mass is 9.98. The zero-order valence-corrected chi connectivity index (χ0v) is 21.9. The first-order valence-electron chi connectivity index (χ1n) is 13.3. The Labute approximate surface area is 230 Å². The van der Waals surface area contributed by atoms with Gasteiger partial charge in [0, 0.05) is 22.2 Å². The van der Waals surface area contributed by atoms with Crippen molar-refractivity contribution in [2.24, 2.45) is 0 Å². The summed E-state index contributed by atoms with van der Waals surface area (Å²) in [6.45, 7) is 12.1. The molecular formula is C35H22N4O. The van der Waals surface area contributed by atoms with Gasteiger partial charge in [0.25, 0.3) is 0 Å². The van der Waals surface area contributed by atoms with Crippen LogP contribution in [-0.2, 0) is 0 Å². The van der Waals surface area contributed by atoms with E-state index in [0.29, 0.717) is 11.3 Å². The molecule has 0 radical (unpaired) electrons. The third-order valence-corrected chi connectivity index (χ3v) is 8.05. The van der Waals surface area contributed by atoms with Crippen molar-refractivity contribution in [2.75, 3.05) is 4.90 Å². The highest BCUT2D eigenvalue weighted by molar-refractivity contribution is 6.27. The molecule has 0 aliphatic carbocycles. The average molecular weight is 515 g/mol. The second-order valence-corrected chi connectivity index (χ2v) is 10.6. The Balaban J connectivity index is 1.61. The lowest BCUT2D eigenvalue weighted by Crippen LogP contribution is -2.29. The first-order chi connectivity index (χ1) is 19.6. The van der Waals surface area contributed by atoms with Gasteiger partial charge in [-0.25, -0.2) is 4.85 Å². The quantitative estimate of drug-likeness (QED) is 0.216. The molecule has 0 atom stereocenters. The van der Waals surface area contributed by atoms with Crippen molar-refractivity contribution in [1.29, 1.82) is 5.26 Å². The molecular weight excluding hydrogens is 492 g/mol. The number of nitriles is 1. The highest BCUT2D eigenvalue weighted by atomic mass is 16.3. The van der Waals surface area contributed by atoms with Crippen LogP contribution in [0.15, 0.2) is 95.4 Å². The van der Waals surface area contributed by atoms with Crippen LogP contribution in [0.1, 0.15) is 19.4 Å². The van der Waals surface area contributed by atoms with E-state index < -0.39 is 0 Å². The van der Waals surface area contributed by atoms with Gasteiger partial charge in [-0.05, 0) is 79.6 Å². The Kier molecular flexibility index (Phi) is 4.49. The summed E-state index contributed by atoms with van der Waals surface area (Å²) >= 11 is 0. The Bertz CT molecular complexity index is 2270. The molecule has 5 nitrogen and oxygen atoms in total. The van der Waals surface area contributed by atoms with Crippen LogP contribution in [0.5, 0.6) is 0 Å². The van der Waals surface area contributed by atoms with Gasteiger partial charge in [0.05, 0.1) is 51.7 Å². The fourth-order valence-electron chi connectivity index (χ4n) is 6.40. The van der Waals surface area contributed by atoms with Gasteiger partial charge in [-0.2, -0.15) is 5.26 Å². The van der Waals surface area contributed by atoms with Crippen LogP contribution in [0.25, 0.3) is 65.4 Å². The van der Waals surface area contributed by atoms with Gasteiger partial charge in [0.1, 0.15) is 11.2 Å². The summed E-state index contributed by atoms with van der Waals surface area (Å²) < 4.78 is 8.66. The highest BCUT2D eigenvalue weighted by Crippen LogP contribution is 2.51. The van der Waals surface area contributed by atoms with Gasteiger partial charge in [0.2, 0.25) is 0 Å². The predicted octanol–water partition coefficient (Wildman–Crippen LogP) is 9.63. The van der Waals surface area contributed by atoms with Gasteiger partial charge in [-0.1, -0.05) is 36.4 Å². The second kappa shape index (κ2) is 7.99. The molecule has 40 heavy (non-hydrogen) atoms. The molecule has 8 rings (SSSR count). The van der Waals surface area contributed by atoms with Gasteiger partial charge >= 0.3 is 0 Å². The van der Waals surface area contributed by atoms with Crippen LogP contribution in [-0.4, -0.2) is 10.6 Å². The molecule has 0 bridgehead atoms. The molecule has 0 saturated carbocycles. The van der Waals surface area contributed by atoms with Crippen LogP contribution >= 0.6 is 0 Å². The monoisotopic (exact) mass is 514 g/mol. The molecule has 5 heteroatoms. The van der Waals surface area contributed by atoms with Crippen molar-refractivity contribution < 1.29 is 4.42 Å². The number of aromatic nitrogens is 1. The van der Waals surface area contributed by atoms with E-state index in [9.17, 15) is 5.26 Å². The van der Waals surface area contributed by atoms with Crippen LogP contribution in [0.3, 0.4) is 0 Å².